The second-order valence-electron chi connectivity index (χ2n) is 9.64. The molecule has 44 heavy (non-hydrogen) atoms. The van der Waals surface area contributed by atoms with Gasteiger partial charge in [-0.05, 0) is 61.5 Å². The number of hydrogen-bond acceptors (Lipinski definition) is 9. The number of likely N-dealkylation sites (N-methyl/N-ethyl adjacent to an activating group) is 1. The van der Waals surface area contributed by atoms with E-state index in [9.17, 15) is 9.18 Å². The minimum absolute atomic E-state index is 0.175. The van der Waals surface area contributed by atoms with Crippen LogP contribution in [0.3, 0.4) is 0 Å². The van der Waals surface area contributed by atoms with Crippen LogP contribution in [0.25, 0.3) is 31.8 Å². The van der Waals surface area contributed by atoms with E-state index >= 15 is 0 Å². The third-order valence-electron chi connectivity index (χ3n) is 6.78. The van der Waals surface area contributed by atoms with E-state index in [1.165, 1.54) is 29.8 Å². The van der Waals surface area contributed by atoms with Crippen molar-refractivity contribution in [2.45, 2.75) is 19.4 Å². The number of thiophene rings is 1. The zero-order chi connectivity index (χ0) is 31.1. The summed E-state index contributed by atoms with van der Waals surface area (Å²) in [6.45, 7) is 2.95. The van der Waals surface area contributed by atoms with Gasteiger partial charge >= 0.3 is 5.97 Å². The first-order chi connectivity index (χ1) is 21.4. The first kappa shape index (κ1) is 31.2. The molecule has 0 aliphatic rings. The van der Waals surface area contributed by atoms with E-state index < -0.39 is 12.1 Å². The van der Waals surface area contributed by atoms with Gasteiger partial charge in [0.05, 0.1) is 19.1 Å². The molecular weight excluding hydrogens is 605 g/mol. The van der Waals surface area contributed by atoms with Crippen LogP contribution in [0.4, 0.5) is 4.39 Å². The Labute approximate surface area is 263 Å². The quantitative estimate of drug-likeness (QED) is 0.109. The van der Waals surface area contributed by atoms with Crippen LogP contribution < -0.4 is 19.5 Å². The van der Waals surface area contributed by atoms with Crippen LogP contribution in [0.1, 0.15) is 12.5 Å². The number of ether oxygens (including phenoxy) is 4. The summed E-state index contributed by atoms with van der Waals surface area (Å²) in [5.41, 5.74) is 2.89. The molecular formula is C33H31ClFN3O5S. The third kappa shape index (κ3) is 6.93. The van der Waals surface area contributed by atoms with E-state index in [2.05, 4.69) is 15.3 Å². The number of hydrogen-bond donors (Lipinski definition) is 1. The van der Waals surface area contributed by atoms with Gasteiger partial charge in [-0.2, -0.15) is 0 Å². The molecule has 0 radical (unpaired) electrons. The van der Waals surface area contributed by atoms with Crippen molar-refractivity contribution < 1.29 is 28.1 Å². The lowest BCUT2D eigenvalue weighted by Crippen LogP contribution is -2.32. The smallest absolute Gasteiger partial charge is 0.347 e. The molecule has 2 heterocycles. The predicted octanol–water partition coefficient (Wildman–Crippen LogP) is 6.98. The normalized spacial score (nSPS) is 11.8. The Hall–Kier alpha value is -4.25. The van der Waals surface area contributed by atoms with Gasteiger partial charge in [-0.1, -0.05) is 41.9 Å². The number of benzene rings is 3. The number of halogens is 2. The summed E-state index contributed by atoms with van der Waals surface area (Å²) >= 11 is 7.92. The first-order valence-electron chi connectivity index (χ1n) is 14.0. The number of nitrogens with one attached hydrogen (secondary N) is 1. The SMILES string of the molecule is CCOC(=O)C(Cc1ccccc1OC)Oc1ncnc2sc(-c3ccc(F)cc3)c(-c3cc(Cl)ccc3OCCNC)c12. The van der Waals surface area contributed by atoms with Gasteiger partial charge in [-0.3, -0.25) is 0 Å². The Morgan fingerprint density at radius 2 is 1.86 bits per heavy atom. The molecule has 0 bridgehead atoms. The molecule has 2 aromatic heterocycles. The van der Waals surface area contributed by atoms with Crippen LogP contribution in [-0.2, 0) is 16.0 Å². The van der Waals surface area contributed by atoms with E-state index in [0.717, 1.165) is 16.0 Å². The van der Waals surface area contributed by atoms with Crippen LogP contribution in [-0.4, -0.2) is 56.0 Å². The number of aromatic nitrogens is 2. The van der Waals surface area contributed by atoms with Crippen LogP contribution in [0.2, 0.25) is 5.02 Å². The lowest BCUT2D eigenvalue weighted by Gasteiger charge is -2.19. The molecule has 0 amide bonds. The first-order valence-corrected chi connectivity index (χ1v) is 15.2. The molecule has 0 aliphatic carbocycles. The predicted molar refractivity (Wildman–Crippen MR) is 170 cm³/mol. The standard InChI is InChI=1S/C33H31ClFN3O5S/c1-4-41-33(39)27(17-21-7-5-6-8-25(21)40-3)43-31-29-28(24-18-22(34)11-14-26(24)42-16-15-36-2)30(44-32(29)38-19-37-31)20-9-12-23(35)13-10-20/h5-14,18-19,27,36H,4,15-17H2,1-3H3. The van der Waals surface area contributed by atoms with Gasteiger partial charge < -0.3 is 24.3 Å². The molecule has 3 aromatic carbocycles. The fourth-order valence-electron chi connectivity index (χ4n) is 4.76. The van der Waals surface area contributed by atoms with Crippen molar-refractivity contribution in [2.24, 2.45) is 0 Å². The molecule has 1 N–H and O–H groups in total. The van der Waals surface area contributed by atoms with Crippen molar-refractivity contribution in [1.29, 1.82) is 0 Å². The maximum absolute atomic E-state index is 14.0. The van der Waals surface area contributed by atoms with Gasteiger partial charge in [-0.25, -0.2) is 19.2 Å². The van der Waals surface area contributed by atoms with Crippen molar-refractivity contribution in [3.8, 4) is 38.9 Å². The Bertz CT molecular complexity index is 1750. The van der Waals surface area contributed by atoms with E-state index in [0.29, 0.717) is 51.0 Å². The summed E-state index contributed by atoms with van der Waals surface area (Å²) in [5, 5.41) is 4.13. The number of fused-ring (bicyclic) bond motifs is 1. The Kier molecular flexibility index (Phi) is 10.3. The minimum Gasteiger partial charge on any atom is -0.496 e. The average molecular weight is 636 g/mol. The highest BCUT2D eigenvalue weighted by molar-refractivity contribution is 7.22. The Morgan fingerprint density at radius 1 is 1.07 bits per heavy atom. The van der Waals surface area contributed by atoms with Crippen molar-refractivity contribution in [2.75, 3.05) is 33.9 Å². The Morgan fingerprint density at radius 3 is 2.61 bits per heavy atom. The zero-order valence-electron chi connectivity index (χ0n) is 24.4. The molecule has 0 aliphatic heterocycles. The van der Waals surface area contributed by atoms with Crippen molar-refractivity contribution in [1.82, 2.24) is 15.3 Å². The van der Waals surface area contributed by atoms with Gasteiger partial charge in [0.1, 0.15) is 35.1 Å². The molecule has 228 valence electrons. The number of para-hydroxylation sites is 1. The largest absolute Gasteiger partial charge is 0.496 e. The number of rotatable bonds is 13. The maximum Gasteiger partial charge on any atom is 0.347 e. The van der Waals surface area contributed by atoms with Crippen molar-refractivity contribution >= 4 is 39.1 Å². The number of methoxy groups -OCH3 is 1. The topological polar surface area (TPSA) is 91.8 Å². The summed E-state index contributed by atoms with van der Waals surface area (Å²) in [7, 11) is 3.42. The highest BCUT2D eigenvalue weighted by atomic mass is 35.5. The van der Waals surface area contributed by atoms with E-state index in [1.54, 1.807) is 44.4 Å². The maximum atomic E-state index is 14.0. The van der Waals surface area contributed by atoms with Gasteiger partial charge in [0.25, 0.3) is 0 Å². The third-order valence-corrected chi connectivity index (χ3v) is 8.16. The van der Waals surface area contributed by atoms with Crippen LogP contribution in [0.15, 0.2) is 73.1 Å². The highest BCUT2D eigenvalue weighted by Crippen LogP contribution is 2.50. The molecule has 0 saturated heterocycles. The molecule has 0 spiro atoms. The second kappa shape index (κ2) is 14.5. The fourth-order valence-corrected chi connectivity index (χ4v) is 6.08. The van der Waals surface area contributed by atoms with Crippen LogP contribution in [0, 0.1) is 5.82 Å². The number of carbonyl (C=O) groups is 1. The molecule has 5 rings (SSSR count). The van der Waals surface area contributed by atoms with Crippen LogP contribution in [0.5, 0.6) is 17.4 Å². The molecule has 1 unspecified atom stereocenters. The zero-order valence-corrected chi connectivity index (χ0v) is 26.0. The monoisotopic (exact) mass is 635 g/mol. The highest BCUT2D eigenvalue weighted by Gasteiger charge is 2.29. The molecule has 0 saturated carbocycles. The minimum atomic E-state index is -1.04. The Balaban J connectivity index is 1.70. The van der Waals surface area contributed by atoms with Crippen molar-refractivity contribution in [3.63, 3.8) is 0 Å². The van der Waals surface area contributed by atoms with E-state index in [4.69, 9.17) is 30.5 Å². The number of esters is 1. The molecule has 5 aromatic rings. The number of nitrogens with zero attached hydrogens (tertiary/aromatic N) is 2. The van der Waals surface area contributed by atoms with Gasteiger partial charge in [0.2, 0.25) is 12.0 Å². The lowest BCUT2D eigenvalue weighted by atomic mass is 9.99. The number of carbonyl (C=O) groups excluding carboxylic acids is 1. The van der Waals surface area contributed by atoms with Gasteiger partial charge in [-0.15, -0.1) is 11.3 Å². The molecule has 8 nitrogen and oxygen atoms in total. The van der Waals surface area contributed by atoms with E-state index in [-0.39, 0.29) is 24.7 Å². The van der Waals surface area contributed by atoms with Gasteiger partial charge in [0, 0.05) is 34.0 Å². The average Bonchev–Trinajstić information content (AvgIpc) is 3.42. The lowest BCUT2D eigenvalue weighted by molar-refractivity contribution is -0.151. The molecule has 1 atom stereocenters. The summed E-state index contributed by atoms with van der Waals surface area (Å²) in [5.74, 6) is 0.491. The van der Waals surface area contributed by atoms with Crippen LogP contribution >= 0.6 is 22.9 Å². The summed E-state index contributed by atoms with van der Waals surface area (Å²) in [6.07, 6.45) is 0.519. The summed E-state index contributed by atoms with van der Waals surface area (Å²) in [4.78, 5) is 23.7. The van der Waals surface area contributed by atoms with Gasteiger partial charge in [0.15, 0.2) is 0 Å². The van der Waals surface area contributed by atoms with Crippen molar-refractivity contribution in [3.05, 3.63) is 89.5 Å². The van der Waals surface area contributed by atoms with E-state index in [1.807, 2.05) is 31.3 Å². The molecule has 0 fully saturated rings. The molecule has 11 heteroatoms. The second-order valence-corrected chi connectivity index (χ2v) is 11.1. The summed E-state index contributed by atoms with van der Waals surface area (Å²) < 4.78 is 37.5. The summed E-state index contributed by atoms with van der Waals surface area (Å²) in [6, 6.07) is 19.0. The fraction of sp³-hybridized carbons (Fsp3) is 0.242.